The summed E-state index contributed by atoms with van der Waals surface area (Å²) in [6, 6.07) is 8.09. The zero-order valence-electron chi connectivity index (χ0n) is 10.9. The fraction of sp³-hybridized carbons (Fsp3) is 0.357. The number of nitrogen functional groups attached to an aromatic ring is 1. The maximum atomic E-state index is 5.64. The summed E-state index contributed by atoms with van der Waals surface area (Å²) in [4.78, 5) is 2.30. The van der Waals surface area contributed by atoms with Crippen molar-refractivity contribution in [1.29, 1.82) is 0 Å². The summed E-state index contributed by atoms with van der Waals surface area (Å²) in [5.41, 5.74) is 9.00. The van der Waals surface area contributed by atoms with Gasteiger partial charge in [0.2, 0.25) is 0 Å². The molecular formula is C14H17N3O2. The first kappa shape index (κ1) is 12.0. The van der Waals surface area contributed by atoms with Crippen LogP contribution in [0, 0.1) is 6.92 Å². The number of ether oxygens (including phenoxy) is 1. The van der Waals surface area contributed by atoms with E-state index in [9.17, 15) is 0 Å². The summed E-state index contributed by atoms with van der Waals surface area (Å²) < 4.78 is 10.7. The minimum absolute atomic E-state index is 0.407. The SMILES string of the molecule is Cc1ccc(N2CCOCC2)c(-c2cc(N)no2)c1. The Bertz CT molecular complexity index is 574. The maximum absolute atomic E-state index is 5.64. The van der Waals surface area contributed by atoms with Crippen molar-refractivity contribution in [2.45, 2.75) is 6.92 Å². The number of nitrogens with two attached hydrogens (primary N) is 1. The van der Waals surface area contributed by atoms with Gasteiger partial charge in [-0.25, -0.2) is 0 Å². The zero-order chi connectivity index (χ0) is 13.2. The van der Waals surface area contributed by atoms with Gasteiger partial charge >= 0.3 is 0 Å². The van der Waals surface area contributed by atoms with Crippen molar-refractivity contribution in [2.75, 3.05) is 36.9 Å². The number of morpholine rings is 1. The molecule has 19 heavy (non-hydrogen) atoms. The molecule has 0 spiro atoms. The molecule has 3 rings (SSSR count). The highest BCUT2D eigenvalue weighted by Crippen LogP contribution is 2.33. The van der Waals surface area contributed by atoms with Crippen LogP contribution in [0.5, 0.6) is 0 Å². The number of nitrogens with zero attached hydrogens (tertiary/aromatic N) is 2. The van der Waals surface area contributed by atoms with Gasteiger partial charge in [0.15, 0.2) is 11.6 Å². The van der Waals surface area contributed by atoms with E-state index in [4.69, 9.17) is 15.0 Å². The predicted octanol–water partition coefficient (Wildman–Crippen LogP) is 2.07. The van der Waals surface area contributed by atoms with Crippen LogP contribution in [0.15, 0.2) is 28.8 Å². The van der Waals surface area contributed by atoms with Gasteiger partial charge in [-0.2, -0.15) is 0 Å². The number of anilines is 2. The number of hydrogen-bond donors (Lipinski definition) is 1. The van der Waals surface area contributed by atoms with E-state index >= 15 is 0 Å². The molecular weight excluding hydrogens is 242 g/mol. The van der Waals surface area contributed by atoms with Crippen molar-refractivity contribution >= 4 is 11.5 Å². The number of hydrogen-bond acceptors (Lipinski definition) is 5. The van der Waals surface area contributed by atoms with Crippen molar-refractivity contribution in [2.24, 2.45) is 0 Å². The Kier molecular flexibility index (Phi) is 3.13. The van der Waals surface area contributed by atoms with Gasteiger partial charge in [0.25, 0.3) is 0 Å². The molecule has 2 N–H and O–H groups in total. The summed E-state index contributed by atoms with van der Waals surface area (Å²) in [7, 11) is 0. The van der Waals surface area contributed by atoms with Crippen molar-refractivity contribution in [3.63, 3.8) is 0 Å². The Balaban J connectivity index is 2.03. The second-order valence-corrected chi connectivity index (χ2v) is 4.74. The third kappa shape index (κ3) is 2.42. The second kappa shape index (κ2) is 4.93. The van der Waals surface area contributed by atoms with Gasteiger partial charge in [0, 0.05) is 30.4 Å². The zero-order valence-corrected chi connectivity index (χ0v) is 10.9. The monoisotopic (exact) mass is 259 g/mol. The van der Waals surface area contributed by atoms with E-state index < -0.39 is 0 Å². The Morgan fingerprint density at radius 1 is 1.21 bits per heavy atom. The van der Waals surface area contributed by atoms with E-state index in [0.29, 0.717) is 11.6 Å². The van der Waals surface area contributed by atoms with Crippen LogP contribution in [0.4, 0.5) is 11.5 Å². The molecule has 0 atom stereocenters. The molecule has 0 unspecified atom stereocenters. The Morgan fingerprint density at radius 2 is 2.00 bits per heavy atom. The van der Waals surface area contributed by atoms with E-state index in [1.165, 1.54) is 5.56 Å². The van der Waals surface area contributed by atoms with Gasteiger partial charge in [-0.3, -0.25) is 0 Å². The largest absolute Gasteiger partial charge is 0.381 e. The minimum atomic E-state index is 0.407. The number of aromatic nitrogens is 1. The molecule has 0 saturated carbocycles. The predicted molar refractivity (Wildman–Crippen MR) is 74.1 cm³/mol. The van der Waals surface area contributed by atoms with Gasteiger partial charge in [-0.15, -0.1) is 0 Å². The average Bonchev–Trinajstić information content (AvgIpc) is 2.86. The summed E-state index contributed by atoms with van der Waals surface area (Å²) in [6.45, 7) is 5.35. The molecule has 0 bridgehead atoms. The van der Waals surface area contributed by atoms with Crippen LogP contribution in [-0.2, 0) is 4.74 Å². The van der Waals surface area contributed by atoms with Gasteiger partial charge < -0.3 is 19.9 Å². The lowest BCUT2D eigenvalue weighted by molar-refractivity contribution is 0.122. The molecule has 1 aliphatic rings. The standard InChI is InChI=1S/C14H17N3O2/c1-10-2-3-12(17-4-6-18-7-5-17)11(8-10)13-9-14(15)16-19-13/h2-3,8-9H,4-7H2,1H3,(H2,15,16). The molecule has 1 aromatic heterocycles. The van der Waals surface area contributed by atoms with Crippen LogP contribution in [0.25, 0.3) is 11.3 Å². The van der Waals surface area contributed by atoms with Gasteiger partial charge in [-0.05, 0) is 19.1 Å². The van der Waals surface area contributed by atoms with Crippen LogP contribution in [0.2, 0.25) is 0 Å². The molecule has 2 aromatic rings. The normalized spacial score (nSPS) is 15.7. The minimum Gasteiger partial charge on any atom is -0.381 e. The van der Waals surface area contributed by atoms with Crippen LogP contribution in [0.1, 0.15) is 5.56 Å². The van der Waals surface area contributed by atoms with E-state index in [1.54, 1.807) is 6.07 Å². The quantitative estimate of drug-likeness (QED) is 0.894. The lowest BCUT2D eigenvalue weighted by atomic mass is 10.1. The molecule has 1 aliphatic heterocycles. The average molecular weight is 259 g/mol. The van der Waals surface area contributed by atoms with Crippen LogP contribution in [-0.4, -0.2) is 31.5 Å². The van der Waals surface area contributed by atoms with Crippen molar-refractivity contribution in [3.05, 3.63) is 29.8 Å². The molecule has 1 saturated heterocycles. The van der Waals surface area contributed by atoms with Crippen LogP contribution < -0.4 is 10.6 Å². The van der Waals surface area contributed by atoms with Crippen LogP contribution >= 0.6 is 0 Å². The second-order valence-electron chi connectivity index (χ2n) is 4.74. The summed E-state index contributed by atoms with van der Waals surface area (Å²) >= 11 is 0. The molecule has 5 nitrogen and oxygen atoms in total. The number of rotatable bonds is 2. The highest BCUT2D eigenvalue weighted by molar-refractivity contribution is 5.77. The molecule has 0 amide bonds. The third-order valence-corrected chi connectivity index (χ3v) is 3.30. The fourth-order valence-electron chi connectivity index (χ4n) is 2.34. The summed E-state index contributed by atoms with van der Waals surface area (Å²) in [5.74, 6) is 1.12. The number of benzene rings is 1. The van der Waals surface area contributed by atoms with E-state index in [1.807, 2.05) is 0 Å². The summed E-state index contributed by atoms with van der Waals surface area (Å²) in [6.07, 6.45) is 0. The van der Waals surface area contributed by atoms with Gasteiger partial charge in [0.05, 0.1) is 13.2 Å². The van der Waals surface area contributed by atoms with Crippen LogP contribution in [0.3, 0.4) is 0 Å². The fourth-order valence-corrected chi connectivity index (χ4v) is 2.34. The smallest absolute Gasteiger partial charge is 0.171 e. The van der Waals surface area contributed by atoms with Crippen molar-refractivity contribution < 1.29 is 9.26 Å². The topological polar surface area (TPSA) is 64.5 Å². The van der Waals surface area contributed by atoms with Crippen molar-refractivity contribution in [3.8, 4) is 11.3 Å². The molecule has 0 aliphatic carbocycles. The number of aryl methyl sites for hydroxylation is 1. The Morgan fingerprint density at radius 3 is 2.68 bits per heavy atom. The summed E-state index contributed by atoms with van der Waals surface area (Å²) in [5, 5.41) is 3.77. The van der Waals surface area contributed by atoms with E-state index in [2.05, 4.69) is 35.2 Å². The highest BCUT2D eigenvalue weighted by Gasteiger charge is 2.18. The lowest BCUT2D eigenvalue weighted by Crippen LogP contribution is -2.36. The molecule has 100 valence electrons. The highest BCUT2D eigenvalue weighted by atomic mass is 16.5. The van der Waals surface area contributed by atoms with Gasteiger partial charge in [-0.1, -0.05) is 16.8 Å². The Hall–Kier alpha value is -2.01. The molecule has 1 aromatic carbocycles. The molecule has 5 heteroatoms. The molecule has 0 radical (unpaired) electrons. The molecule has 2 heterocycles. The first-order valence-corrected chi connectivity index (χ1v) is 6.40. The first-order chi connectivity index (χ1) is 9.24. The maximum Gasteiger partial charge on any atom is 0.171 e. The lowest BCUT2D eigenvalue weighted by Gasteiger charge is -2.30. The van der Waals surface area contributed by atoms with E-state index in [0.717, 1.165) is 37.6 Å². The van der Waals surface area contributed by atoms with E-state index in [-0.39, 0.29) is 0 Å². The van der Waals surface area contributed by atoms with Gasteiger partial charge in [0.1, 0.15) is 0 Å². The third-order valence-electron chi connectivity index (χ3n) is 3.30. The van der Waals surface area contributed by atoms with Crippen molar-refractivity contribution in [1.82, 2.24) is 5.16 Å². The Labute approximate surface area is 111 Å². The first-order valence-electron chi connectivity index (χ1n) is 6.40. The molecule has 1 fully saturated rings.